The summed E-state index contributed by atoms with van der Waals surface area (Å²) in [5.74, 6) is 0.0848. The van der Waals surface area contributed by atoms with E-state index < -0.39 is 11.8 Å². The quantitative estimate of drug-likeness (QED) is 0.553. The van der Waals surface area contributed by atoms with E-state index in [1.807, 2.05) is 32.0 Å². The number of imidazole rings is 1. The van der Waals surface area contributed by atoms with Crippen LogP contribution in [0.4, 0.5) is 11.5 Å². The van der Waals surface area contributed by atoms with E-state index in [-0.39, 0.29) is 17.3 Å². The van der Waals surface area contributed by atoms with Gasteiger partial charge in [0.15, 0.2) is 11.5 Å². The van der Waals surface area contributed by atoms with Crippen LogP contribution in [0, 0.1) is 20.8 Å². The molecule has 0 bridgehead atoms. The highest BCUT2D eigenvalue weighted by molar-refractivity contribution is 6.10. The van der Waals surface area contributed by atoms with Crippen molar-refractivity contribution in [3.8, 4) is 0 Å². The maximum Gasteiger partial charge on any atom is 0.292 e. The molecule has 2 amide bonds. The van der Waals surface area contributed by atoms with Gasteiger partial charge in [-0.25, -0.2) is 4.98 Å². The topological polar surface area (TPSA) is 102 Å². The van der Waals surface area contributed by atoms with Crippen LogP contribution in [-0.4, -0.2) is 26.4 Å². The van der Waals surface area contributed by atoms with Crippen molar-refractivity contribution >= 4 is 28.8 Å². The number of nitrogens with zero attached hydrogens (tertiary/aromatic N) is 3. The van der Waals surface area contributed by atoms with Crippen LogP contribution >= 0.6 is 0 Å². The van der Waals surface area contributed by atoms with Crippen molar-refractivity contribution in [2.75, 3.05) is 10.6 Å². The van der Waals surface area contributed by atoms with Gasteiger partial charge in [0.1, 0.15) is 5.76 Å². The molecule has 0 saturated carbocycles. The summed E-state index contributed by atoms with van der Waals surface area (Å²) in [6, 6.07) is 12.6. The Bertz CT molecular complexity index is 1240. The highest BCUT2D eigenvalue weighted by Gasteiger charge is 2.22. The molecule has 1 aromatic carbocycles. The Morgan fingerprint density at radius 3 is 2.59 bits per heavy atom. The first-order valence-electron chi connectivity index (χ1n) is 9.03. The van der Waals surface area contributed by atoms with Gasteiger partial charge in [-0.15, -0.1) is 0 Å². The Hall–Kier alpha value is -3.94. The number of benzene rings is 1. The van der Waals surface area contributed by atoms with Gasteiger partial charge >= 0.3 is 0 Å². The van der Waals surface area contributed by atoms with E-state index in [0.29, 0.717) is 17.0 Å². The highest BCUT2D eigenvalue weighted by Crippen LogP contribution is 2.20. The summed E-state index contributed by atoms with van der Waals surface area (Å²) in [6.07, 6.45) is 1.69. The van der Waals surface area contributed by atoms with Gasteiger partial charge in [0.25, 0.3) is 11.8 Å². The minimum absolute atomic E-state index is 0.114. The minimum Gasteiger partial charge on any atom is -0.360 e. The molecule has 0 atom stereocenters. The molecule has 8 heteroatoms. The third kappa shape index (κ3) is 3.47. The fourth-order valence-electron chi connectivity index (χ4n) is 3.03. The largest absolute Gasteiger partial charge is 0.360 e. The maximum atomic E-state index is 12.9. The van der Waals surface area contributed by atoms with E-state index in [1.165, 1.54) is 0 Å². The van der Waals surface area contributed by atoms with Gasteiger partial charge in [-0.1, -0.05) is 23.4 Å². The molecule has 0 radical (unpaired) electrons. The monoisotopic (exact) mass is 389 g/mol. The van der Waals surface area contributed by atoms with Gasteiger partial charge < -0.3 is 15.2 Å². The van der Waals surface area contributed by atoms with Crippen LogP contribution in [-0.2, 0) is 0 Å². The van der Waals surface area contributed by atoms with E-state index in [9.17, 15) is 9.59 Å². The zero-order valence-corrected chi connectivity index (χ0v) is 16.2. The number of carbonyl (C=O) groups is 2. The fourth-order valence-corrected chi connectivity index (χ4v) is 3.03. The maximum absolute atomic E-state index is 12.9. The lowest BCUT2D eigenvalue weighted by molar-refractivity contribution is 0.101. The van der Waals surface area contributed by atoms with Crippen molar-refractivity contribution in [2.24, 2.45) is 0 Å². The Morgan fingerprint density at radius 1 is 1.00 bits per heavy atom. The molecule has 0 aliphatic rings. The first-order chi connectivity index (χ1) is 13.9. The van der Waals surface area contributed by atoms with Crippen LogP contribution in [0.5, 0.6) is 0 Å². The average Bonchev–Trinajstić information content (AvgIpc) is 3.29. The van der Waals surface area contributed by atoms with Gasteiger partial charge in [-0.2, -0.15) is 0 Å². The molecule has 2 N–H and O–H groups in total. The number of pyridine rings is 1. The molecule has 0 aliphatic carbocycles. The van der Waals surface area contributed by atoms with Crippen molar-refractivity contribution in [3.05, 3.63) is 77.1 Å². The zero-order chi connectivity index (χ0) is 20.5. The Kier molecular flexibility index (Phi) is 4.59. The molecule has 4 rings (SSSR count). The van der Waals surface area contributed by atoms with E-state index in [2.05, 4.69) is 20.8 Å². The molecule has 0 fully saturated rings. The molecule has 8 nitrogen and oxygen atoms in total. The second kappa shape index (κ2) is 7.23. The number of carbonyl (C=O) groups excluding carboxylic acids is 2. The van der Waals surface area contributed by atoms with Gasteiger partial charge in [0.2, 0.25) is 5.82 Å². The van der Waals surface area contributed by atoms with Crippen LogP contribution in [0.1, 0.15) is 38.0 Å². The first-order valence-corrected chi connectivity index (χ1v) is 9.03. The van der Waals surface area contributed by atoms with Crippen molar-refractivity contribution in [2.45, 2.75) is 20.8 Å². The highest BCUT2D eigenvalue weighted by atomic mass is 16.5. The van der Waals surface area contributed by atoms with Crippen LogP contribution in [0.25, 0.3) is 5.52 Å². The number of nitrogens with one attached hydrogen (secondary N) is 2. The van der Waals surface area contributed by atoms with Crippen molar-refractivity contribution in [3.63, 3.8) is 0 Å². The fraction of sp³-hybridized carbons (Fsp3) is 0.143. The lowest BCUT2D eigenvalue weighted by atomic mass is 10.1. The summed E-state index contributed by atoms with van der Waals surface area (Å²) in [5, 5.41) is 9.28. The summed E-state index contributed by atoms with van der Waals surface area (Å²) in [4.78, 5) is 30.0. The van der Waals surface area contributed by atoms with Crippen LogP contribution in [0.2, 0.25) is 0 Å². The van der Waals surface area contributed by atoms with Gasteiger partial charge in [-0.3, -0.25) is 14.0 Å². The molecule has 0 spiro atoms. The first kappa shape index (κ1) is 18.4. The molecule has 3 heterocycles. The van der Waals surface area contributed by atoms with Crippen LogP contribution in [0.15, 0.2) is 53.2 Å². The van der Waals surface area contributed by atoms with Crippen molar-refractivity contribution < 1.29 is 14.1 Å². The number of fused-ring (bicyclic) bond motifs is 1. The van der Waals surface area contributed by atoms with E-state index >= 15 is 0 Å². The number of aromatic nitrogens is 3. The number of anilines is 2. The van der Waals surface area contributed by atoms with E-state index in [1.54, 1.807) is 41.8 Å². The Labute approximate surface area is 166 Å². The lowest BCUT2D eigenvalue weighted by Crippen LogP contribution is -2.17. The van der Waals surface area contributed by atoms with Crippen molar-refractivity contribution in [1.29, 1.82) is 0 Å². The smallest absolute Gasteiger partial charge is 0.292 e. The van der Waals surface area contributed by atoms with Gasteiger partial charge in [0, 0.05) is 18.0 Å². The third-order valence-corrected chi connectivity index (χ3v) is 4.69. The number of rotatable bonds is 4. The summed E-state index contributed by atoms with van der Waals surface area (Å²) in [6.45, 7) is 5.64. The summed E-state index contributed by atoms with van der Waals surface area (Å²) >= 11 is 0. The third-order valence-electron chi connectivity index (χ3n) is 4.69. The molecular weight excluding hydrogens is 370 g/mol. The molecular formula is C21H19N5O3. The Morgan fingerprint density at radius 2 is 1.83 bits per heavy atom. The molecule has 4 aromatic rings. The molecule has 3 aromatic heterocycles. The predicted molar refractivity (Wildman–Crippen MR) is 108 cm³/mol. The number of amides is 2. The summed E-state index contributed by atoms with van der Waals surface area (Å²) in [7, 11) is 0. The summed E-state index contributed by atoms with van der Waals surface area (Å²) in [5.41, 5.74) is 3.38. The zero-order valence-electron chi connectivity index (χ0n) is 16.2. The summed E-state index contributed by atoms with van der Waals surface area (Å²) < 4.78 is 6.55. The molecule has 29 heavy (non-hydrogen) atoms. The minimum atomic E-state index is -0.479. The SMILES string of the molecule is Cc1cc(NC(=O)c2nc(C(=O)Nc3cccc(C)c3C)n3ccccc23)no1. The molecule has 0 aliphatic heterocycles. The second-order valence-corrected chi connectivity index (χ2v) is 6.72. The average molecular weight is 389 g/mol. The van der Waals surface area contributed by atoms with Crippen molar-refractivity contribution in [1.82, 2.24) is 14.5 Å². The molecule has 0 saturated heterocycles. The normalized spacial score (nSPS) is 10.9. The number of hydrogen-bond acceptors (Lipinski definition) is 5. The number of hydrogen-bond donors (Lipinski definition) is 2. The van der Waals surface area contributed by atoms with Crippen LogP contribution < -0.4 is 10.6 Å². The molecule has 146 valence electrons. The van der Waals surface area contributed by atoms with E-state index in [4.69, 9.17) is 4.52 Å². The predicted octanol–water partition coefficient (Wildman–Crippen LogP) is 3.75. The van der Waals surface area contributed by atoms with Gasteiger partial charge in [0.05, 0.1) is 5.52 Å². The van der Waals surface area contributed by atoms with Crippen LogP contribution in [0.3, 0.4) is 0 Å². The molecule has 0 unspecified atom stereocenters. The standard InChI is InChI=1S/C21H19N5O3/c1-12-7-6-8-15(14(12)3)22-21(28)19-24-18(16-9-4-5-10-26(16)19)20(27)23-17-11-13(2)29-25-17/h4-11H,1-3H3,(H,22,28)(H,23,25,27). The lowest BCUT2D eigenvalue weighted by Gasteiger charge is -2.09. The Balaban J connectivity index is 1.69. The van der Waals surface area contributed by atoms with E-state index in [0.717, 1.165) is 11.1 Å². The second-order valence-electron chi connectivity index (χ2n) is 6.72. The van der Waals surface area contributed by atoms with Gasteiger partial charge in [-0.05, 0) is 50.1 Å². The number of aryl methyl sites for hydroxylation is 2.